The van der Waals surface area contributed by atoms with E-state index in [4.69, 9.17) is 16.3 Å². The first-order chi connectivity index (χ1) is 19.3. The number of ether oxygens (including phenoxy) is 1. The van der Waals surface area contributed by atoms with Crippen molar-refractivity contribution in [3.05, 3.63) is 82.2 Å². The molecule has 0 unspecified atom stereocenters. The van der Waals surface area contributed by atoms with E-state index >= 15 is 0 Å². The fourth-order valence-electron chi connectivity index (χ4n) is 5.42. The molecule has 40 heavy (non-hydrogen) atoms. The summed E-state index contributed by atoms with van der Waals surface area (Å²) in [4.78, 5) is 33.4. The smallest absolute Gasteiger partial charge is 0.407 e. The quantitative estimate of drug-likeness (QED) is 0.247. The van der Waals surface area contributed by atoms with Crippen LogP contribution in [-0.4, -0.2) is 58.1 Å². The van der Waals surface area contributed by atoms with Crippen LogP contribution in [0.15, 0.2) is 60.9 Å². The molecule has 0 radical (unpaired) electrons. The van der Waals surface area contributed by atoms with Gasteiger partial charge in [-0.05, 0) is 61.6 Å². The van der Waals surface area contributed by atoms with E-state index in [9.17, 15) is 19.1 Å². The molecule has 0 bridgehead atoms. The lowest BCUT2D eigenvalue weighted by molar-refractivity contribution is 0.0555. The zero-order chi connectivity index (χ0) is 28.4. The van der Waals surface area contributed by atoms with Crippen molar-refractivity contribution in [1.82, 2.24) is 14.8 Å². The summed E-state index contributed by atoms with van der Waals surface area (Å²) in [6.07, 6.45) is 5.01. The summed E-state index contributed by atoms with van der Waals surface area (Å²) in [5, 5.41) is 9.80. The van der Waals surface area contributed by atoms with Gasteiger partial charge in [-0.25, -0.2) is 9.18 Å². The Morgan fingerprint density at radius 2 is 1.85 bits per heavy atom. The average molecular weight is 582 g/mol. The first-order valence-electron chi connectivity index (χ1n) is 13.0. The van der Waals surface area contributed by atoms with E-state index in [1.54, 1.807) is 43.6 Å². The Kier molecular flexibility index (Phi) is 8.23. The number of aromatic nitrogens is 1. The molecule has 208 valence electrons. The van der Waals surface area contributed by atoms with Gasteiger partial charge in [-0.2, -0.15) is 0 Å². The van der Waals surface area contributed by atoms with Gasteiger partial charge in [-0.1, -0.05) is 29.8 Å². The van der Waals surface area contributed by atoms with Gasteiger partial charge in [0.25, 0.3) is 5.91 Å². The maximum absolute atomic E-state index is 14.6. The highest BCUT2D eigenvalue weighted by molar-refractivity contribution is 7.21. The number of carbonyl (C=O) groups excluding carboxylic acids is 1. The highest BCUT2D eigenvalue weighted by Crippen LogP contribution is 2.39. The van der Waals surface area contributed by atoms with Crippen LogP contribution in [0.25, 0.3) is 21.2 Å². The number of rotatable bonds is 7. The fourth-order valence-corrected chi connectivity index (χ4v) is 6.93. The number of hydrogen-bond donors (Lipinski definition) is 1. The molecule has 1 N–H and O–H groups in total. The Balaban J connectivity index is 1.52. The molecule has 1 aliphatic rings. The molecule has 1 fully saturated rings. The minimum Gasteiger partial charge on any atom is -0.496 e. The summed E-state index contributed by atoms with van der Waals surface area (Å²) in [7, 11) is 3.17. The van der Waals surface area contributed by atoms with Gasteiger partial charge in [0.2, 0.25) is 0 Å². The summed E-state index contributed by atoms with van der Waals surface area (Å²) in [6.45, 7) is 0.243. The maximum atomic E-state index is 14.6. The van der Waals surface area contributed by atoms with Crippen LogP contribution >= 0.6 is 22.9 Å². The van der Waals surface area contributed by atoms with Crippen LogP contribution in [0.5, 0.6) is 5.75 Å². The predicted molar refractivity (Wildman–Crippen MR) is 155 cm³/mol. The minimum atomic E-state index is -0.965. The van der Waals surface area contributed by atoms with Crippen molar-refractivity contribution in [2.45, 2.75) is 44.3 Å². The zero-order valence-electron chi connectivity index (χ0n) is 22.1. The van der Waals surface area contributed by atoms with Gasteiger partial charge >= 0.3 is 6.09 Å². The molecule has 7 nitrogen and oxygen atoms in total. The normalized spacial score (nSPS) is 17.0. The molecule has 2 aromatic carbocycles. The number of fused-ring (bicyclic) bond motifs is 1. The van der Waals surface area contributed by atoms with Gasteiger partial charge in [-0.15, -0.1) is 11.3 Å². The van der Waals surface area contributed by atoms with Gasteiger partial charge in [0, 0.05) is 59.3 Å². The van der Waals surface area contributed by atoms with Crippen LogP contribution in [0.4, 0.5) is 9.18 Å². The third-order valence-corrected chi connectivity index (χ3v) is 9.27. The largest absolute Gasteiger partial charge is 0.496 e. The molecule has 10 heteroatoms. The lowest BCUT2D eigenvalue weighted by Crippen LogP contribution is -2.46. The molecule has 2 heterocycles. The summed E-state index contributed by atoms with van der Waals surface area (Å²) in [5.74, 6) is -0.111. The van der Waals surface area contributed by atoms with Crippen LogP contribution in [0.2, 0.25) is 5.02 Å². The molecule has 0 atom stereocenters. The van der Waals surface area contributed by atoms with Gasteiger partial charge < -0.3 is 19.6 Å². The molecule has 0 aliphatic heterocycles. The van der Waals surface area contributed by atoms with Crippen LogP contribution in [0, 0.1) is 5.82 Å². The van der Waals surface area contributed by atoms with E-state index in [2.05, 4.69) is 4.98 Å². The molecule has 0 spiro atoms. The first-order valence-corrected chi connectivity index (χ1v) is 14.2. The Labute approximate surface area is 240 Å². The number of hydrogen-bond acceptors (Lipinski definition) is 5. The summed E-state index contributed by atoms with van der Waals surface area (Å²) >= 11 is 7.81. The molecule has 5 rings (SSSR count). The van der Waals surface area contributed by atoms with E-state index in [0.29, 0.717) is 36.1 Å². The number of thiophene rings is 1. The number of methoxy groups -OCH3 is 1. The molecule has 4 aromatic rings. The number of halogens is 2. The van der Waals surface area contributed by atoms with Crippen molar-refractivity contribution in [2.24, 2.45) is 0 Å². The van der Waals surface area contributed by atoms with Crippen molar-refractivity contribution < 1.29 is 23.8 Å². The van der Waals surface area contributed by atoms with E-state index in [1.165, 1.54) is 22.3 Å². The van der Waals surface area contributed by atoms with Gasteiger partial charge in [0.05, 0.1) is 12.1 Å². The summed E-state index contributed by atoms with van der Waals surface area (Å²) < 4.78 is 20.9. The minimum absolute atomic E-state index is 0.114. The fraction of sp³-hybridized carbons (Fsp3) is 0.300. The number of benzene rings is 2. The lowest BCUT2D eigenvalue weighted by Gasteiger charge is -2.39. The second kappa shape index (κ2) is 11.8. The molecule has 2 amide bonds. The third-order valence-electron chi connectivity index (χ3n) is 7.63. The molecule has 2 aromatic heterocycles. The maximum Gasteiger partial charge on any atom is 0.407 e. The summed E-state index contributed by atoms with van der Waals surface area (Å²) in [6, 6.07) is 14.1. The van der Waals surface area contributed by atoms with Gasteiger partial charge in [0.1, 0.15) is 16.4 Å². The molecular weight excluding hydrogens is 553 g/mol. The number of pyridine rings is 1. The van der Waals surface area contributed by atoms with Crippen LogP contribution in [0.3, 0.4) is 0 Å². The second-order valence-corrected chi connectivity index (χ2v) is 11.3. The predicted octanol–water partition coefficient (Wildman–Crippen LogP) is 7.33. The molecular formula is C30H29ClFN3O4S. The third kappa shape index (κ3) is 5.48. The molecule has 1 saturated carbocycles. The van der Waals surface area contributed by atoms with Crippen molar-refractivity contribution in [3.63, 3.8) is 0 Å². The standard InChI is InChI=1S/C30H29ClFN3O4S/c1-34(30(37)38)21-9-11-22(12-10-21)35(29(36)28-27(31)26-23(32)6-3-7-25(26)40-28)17-20-15-18(8-13-24(20)39-2)19-5-4-14-33-16-19/h3-8,13-16,21-22H,9-12,17H2,1-2H3,(H,37,38). The van der Waals surface area contributed by atoms with Crippen molar-refractivity contribution >= 4 is 45.0 Å². The monoisotopic (exact) mass is 581 g/mol. The zero-order valence-corrected chi connectivity index (χ0v) is 23.7. The molecule has 0 saturated heterocycles. The number of carbonyl (C=O) groups is 2. The van der Waals surface area contributed by atoms with E-state index < -0.39 is 11.9 Å². The number of amides is 2. The average Bonchev–Trinajstić information content (AvgIpc) is 3.32. The number of nitrogens with zero attached hydrogens (tertiary/aromatic N) is 3. The molecule has 1 aliphatic carbocycles. The van der Waals surface area contributed by atoms with Crippen molar-refractivity contribution in [2.75, 3.05) is 14.2 Å². The Morgan fingerprint density at radius 3 is 2.50 bits per heavy atom. The first kappa shape index (κ1) is 27.9. The Morgan fingerprint density at radius 1 is 1.10 bits per heavy atom. The SMILES string of the molecule is COc1ccc(-c2cccnc2)cc1CN(C(=O)c1sc2cccc(F)c2c1Cl)C1CCC(N(C)C(=O)O)CC1. The van der Waals surface area contributed by atoms with E-state index in [-0.39, 0.29) is 39.8 Å². The highest BCUT2D eigenvalue weighted by Gasteiger charge is 2.34. The lowest BCUT2D eigenvalue weighted by atomic mass is 9.89. The van der Waals surface area contributed by atoms with Gasteiger partial charge in [0.15, 0.2) is 0 Å². The van der Waals surface area contributed by atoms with Crippen LogP contribution < -0.4 is 4.74 Å². The Hall–Kier alpha value is -3.69. The van der Waals surface area contributed by atoms with Crippen LogP contribution in [0.1, 0.15) is 40.9 Å². The number of carboxylic acid groups (broad SMARTS) is 1. The van der Waals surface area contributed by atoms with Crippen LogP contribution in [-0.2, 0) is 6.54 Å². The van der Waals surface area contributed by atoms with E-state index in [1.807, 2.05) is 30.3 Å². The van der Waals surface area contributed by atoms with E-state index in [0.717, 1.165) is 16.7 Å². The second-order valence-electron chi connectivity index (χ2n) is 9.92. The Bertz CT molecular complexity index is 1540. The van der Waals surface area contributed by atoms with Gasteiger partial charge in [-0.3, -0.25) is 9.78 Å². The highest BCUT2D eigenvalue weighted by atomic mass is 35.5. The topological polar surface area (TPSA) is 83.0 Å². The van der Waals surface area contributed by atoms with Crippen molar-refractivity contribution in [1.29, 1.82) is 0 Å². The van der Waals surface area contributed by atoms with Crippen molar-refractivity contribution in [3.8, 4) is 16.9 Å². The summed E-state index contributed by atoms with van der Waals surface area (Å²) in [5.41, 5.74) is 2.68.